The van der Waals surface area contributed by atoms with Crippen molar-refractivity contribution in [3.8, 4) is 34.0 Å². The third-order valence-corrected chi connectivity index (χ3v) is 7.46. The normalized spacial score (nSPS) is 16.1. The van der Waals surface area contributed by atoms with Crippen LogP contribution in [0.2, 0.25) is 0 Å². The molecule has 1 aliphatic heterocycles. The van der Waals surface area contributed by atoms with E-state index in [9.17, 15) is 0 Å². The van der Waals surface area contributed by atoms with Crippen LogP contribution in [0, 0.1) is 6.92 Å². The summed E-state index contributed by atoms with van der Waals surface area (Å²) in [5.74, 6) is 3.30. The van der Waals surface area contributed by atoms with Gasteiger partial charge in [0.2, 0.25) is 0 Å². The van der Waals surface area contributed by atoms with E-state index < -0.39 is 0 Å². The molecule has 7 heteroatoms. The number of fused-ring (bicyclic) bond motifs is 3. The van der Waals surface area contributed by atoms with Gasteiger partial charge in [0, 0.05) is 48.6 Å². The fourth-order valence-corrected chi connectivity index (χ4v) is 5.85. The fourth-order valence-electron chi connectivity index (χ4n) is 5.85. The standard InChI is InChI=1S/C27H33N7/c1-17(2)34-27(29-18(3)31-34)24-16-33-13-7-10-20-14-21(11-12-22(20)26(33)30-24)23-15-28-32(4)25(23)19-8-5-6-9-19/h11-12,14-17,19H,5-10,13H2,1-4H3. The van der Waals surface area contributed by atoms with E-state index in [1.54, 1.807) is 0 Å². The molecule has 2 aliphatic rings. The van der Waals surface area contributed by atoms with Crippen molar-refractivity contribution < 1.29 is 0 Å². The van der Waals surface area contributed by atoms with E-state index in [-0.39, 0.29) is 6.04 Å². The zero-order chi connectivity index (χ0) is 23.4. The first-order chi connectivity index (χ1) is 16.5. The van der Waals surface area contributed by atoms with Crippen LogP contribution >= 0.6 is 0 Å². The Morgan fingerprint density at radius 3 is 2.62 bits per heavy atom. The highest BCUT2D eigenvalue weighted by molar-refractivity contribution is 5.74. The lowest BCUT2D eigenvalue weighted by molar-refractivity contribution is 0.533. The number of rotatable bonds is 4. The Balaban J connectivity index is 1.41. The molecule has 0 atom stereocenters. The number of hydrogen-bond donors (Lipinski definition) is 0. The van der Waals surface area contributed by atoms with Crippen LogP contribution in [-0.2, 0) is 20.0 Å². The van der Waals surface area contributed by atoms with E-state index in [4.69, 9.17) is 9.97 Å². The molecular weight excluding hydrogens is 422 g/mol. The van der Waals surface area contributed by atoms with Crippen LogP contribution in [0.1, 0.15) is 75.0 Å². The molecule has 0 amide bonds. The molecule has 0 N–H and O–H groups in total. The zero-order valence-corrected chi connectivity index (χ0v) is 20.6. The number of nitrogens with zero attached hydrogens (tertiary/aromatic N) is 7. The van der Waals surface area contributed by atoms with E-state index in [2.05, 4.69) is 70.9 Å². The Hall–Kier alpha value is -3.22. The highest BCUT2D eigenvalue weighted by Gasteiger charge is 2.26. The molecule has 0 unspecified atom stereocenters. The minimum Gasteiger partial charge on any atom is -0.330 e. The molecule has 6 rings (SSSR count). The predicted molar refractivity (Wildman–Crippen MR) is 134 cm³/mol. The quantitative estimate of drug-likeness (QED) is 0.396. The second kappa shape index (κ2) is 8.22. The molecule has 0 spiro atoms. The smallest absolute Gasteiger partial charge is 0.178 e. The molecular formula is C27H33N7. The Labute approximate surface area is 200 Å². The van der Waals surface area contributed by atoms with Gasteiger partial charge < -0.3 is 4.57 Å². The molecule has 0 saturated heterocycles. The monoisotopic (exact) mass is 455 g/mol. The third-order valence-electron chi connectivity index (χ3n) is 7.46. The lowest BCUT2D eigenvalue weighted by Gasteiger charge is -2.14. The molecule has 34 heavy (non-hydrogen) atoms. The van der Waals surface area contributed by atoms with Crippen molar-refractivity contribution in [2.24, 2.45) is 7.05 Å². The molecule has 1 aliphatic carbocycles. The van der Waals surface area contributed by atoms with Gasteiger partial charge in [0.25, 0.3) is 0 Å². The van der Waals surface area contributed by atoms with E-state index in [0.717, 1.165) is 42.6 Å². The van der Waals surface area contributed by atoms with Crippen molar-refractivity contribution in [2.75, 3.05) is 0 Å². The third kappa shape index (κ3) is 3.49. The van der Waals surface area contributed by atoms with Gasteiger partial charge in [0.1, 0.15) is 17.3 Å². The maximum atomic E-state index is 5.09. The predicted octanol–water partition coefficient (Wildman–Crippen LogP) is 5.70. The molecule has 0 radical (unpaired) electrons. The van der Waals surface area contributed by atoms with Gasteiger partial charge in [-0.3, -0.25) is 4.68 Å². The molecule has 4 aromatic rings. The fraction of sp³-hybridized carbons (Fsp3) is 0.481. The van der Waals surface area contributed by atoms with Crippen LogP contribution in [0.3, 0.4) is 0 Å². The second-order valence-electron chi connectivity index (χ2n) is 10.2. The zero-order valence-electron chi connectivity index (χ0n) is 20.6. The Morgan fingerprint density at radius 1 is 1.00 bits per heavy atom. The minimum atomic E-state index is 0.237. The van der Waals surface area contributed by atoms with Crippen molar-refractivity contribution in [3.63, 3.8) is 0 Å². The summed E-state index contributed by atoms with van der Waals surface area (Å²) in [4.78, 5) is 9.78. The number of aromatic nitrogens is 7. The molecule has 1 fully saturated rings. The molecule has 0 bridgehead atoms. The average Bonchev–Trinajstić information content (AvgIpc) is 3.59. The van der Waals surface area contributed by atoms with E-state index in [1.807, 2.05) is 11.6 Å². The number of hydrogen-bond acceptors (Lipinski definition) is 4. The van der Waals surface area contributed by atoms with Crippen molar-refractivity contribution in [1.29, 1.82) is 0 Å². The molecule has 7 nitrogen and oxygen atoms in total. The SMILES string of the molecule is Cc1nc(-c2cn3c(n2)-c2ccc(-c4cnn(C)c4C4CCCC4)cc2CCC3)n(C(C)C)n1. The van der Waals surface area contributed by atoms with E-state index in [1.165, 1.54) is 53.6 Å². The van der Waals surface area contributed by atoms with E-state index in [0.29, 0.717) is 5.92 Å². The molecule has 1 aromatic carbocycles. The summed E-state index contributed by atoms with van der Waals surface area (Å²) in [7, 11) is 2.09. The van der Waals surface area contributed by atoms with Crippen LogP contribution in [0.15, 0.2) is 30.6 Å². The van der Waals surface area contributed by atoms with Crippen LogP contribution in [0.4, 0.5) is 0 Å². The van der Waals surface area contributed by atoms with Gasteiger partial charge in [-0.1, -0.05) is 31.0 Å². The van der Waals surface area contributed by atoms with Gasteiger partial charge >= 0.3 is 0 Å². The van der Waals surface area contributed by atoms with Gasteiger partial charge in [-0.25, -0.2) is 14.6 Å². The maximum Gasteiger partial charge on any atom is 0.178 e. The lowest BCUT2D eigenvalue weighted by atomic mass is 9.93. The summed E-state index contributed by atoms with van der Waals surface area (Å²) in [5.41, 5.74) is 7.48. The van der Waals surface area contributed by atoms with Crippen LogP contribution < -0.4 is 0 Å². The molecule has 176 valence electrons. The molecule has 1 saturated carbocycles. The van der Waals surface area contributed by atoms with Gasteiger partial charge in [-0.15, -0.1) is 0 Å². The van der Waals surface area contributed by atoms with Crippen LogP contribution in [0.5, 0.6) is 0 Å². The van der Waals surface area contributed by atoms with Crippen molar-refractivity contribution in [2.45, 2.75) is 77.8 Å². The van der Waals surface area contributed by atoms with Gasteiger partial charge in [0.15, 0.2) is 5.82 Å². The number of benzene rings is 1. The number of imidazole rings is 1. The topological polar surface area (TPSA) is 66.3 Å². The second-order valence-corrected chi connectivity index (χ2v) is 10.2. The van der Waals surface area contributed by atoms with E-state index >= 15 is 0 Å². The largest absolute Gasteiger partial charge is 0.330 e. The van der Waals surface area contributed by atoms with Crippen molar-refractivity contribution >= 4 is 0 Å². The highest BCUT2D eigenvalue weighted by Crippen LogP contribution is 2.40. The number of aryl methyl sites for hydroxylation is 4. The summed E-state index contributed by atoms with van der Waals surface area (Å²) >= 11 is 0. The maximum absolute atomic E-state index is 5.09. The first kappa shape index (κ1) is 21.3. The lowest BCUT2D eigenvalue weighted by Crippen LogP contribution is -2.05. The van der Waals surface area contributed by atoms with Gasteiger partial charge in [-0.05, 0) is 57.6 Å². The summed E-state index contributed by atoms with van der Waals surface area (Å²) in [6.45, 7) is 7.17. The van der Waals surface area contributed by atoms with Crippen molar-refractivity contribution in [3.05, 3.63) is 47.7 Å². The van der Waals surface area contributed by atoms with Crippen molar-refractivity contribution in [1.82, 2.24) is 34.1 Å². The average molecular weight is 456 g/mol. The summed E-state index contributed by atoms with van der Waals surface area (Å²) in [5, 5.41) is 9.24. The highest BCUT2D eigenvalue weighted by atomic mass is 15.4. The Morgan fingerprint density at radius 2 is 1.82 bits per heavy atom. The van der Waals surface area contributed by atoms with Crippen LogP contribution in [0.25, 0.3) is 34.0 Å². The molecule has 3 aromatic heterocycles. The first-order valence-electron chi connectivity index (χ1n) is 12.7. The minimum absolute atomic E-state index is 0.237. The summed E-state index contributed by atoms with van der Waals surface area (Å²) in [6, 6.07) is 7.15. The van der Waals surface area contributed by atoms with Crippen LogP contribution in [-0.4, -0.2) is 34.1 Å². The molecule has 4 heterocycles. The van der Waals surface area contributed by atoms with Gasteiger partial charge in [0.05, 0.1) is 6.20 Å². The first-order valence-corrected chi connectivity index (χ1v) is 12.7. The Kier molecular flexibility index (Phi) is 5.15. The summed E-state index contributed by atoms with van der Waals surface area (Å²) < 4.78 is 6.38. The Bertz CT molecular complexity index is 1350. The summed E-state index contributed by atoms with van der Waals surface area (Å²) in [6.07, 6.45) is 11.6. The van der Waals surface area contributed by atoms with Gasteiger partial charge in [-0.2, -0.15) is 10.2 Å².